The van der Waals surface area contributed by atoms with E-state index in [0.717, 1.165) is 52.6 Å². The van der Waals surface area contributed by atoms with Gasteiger partial charge in [-0.05, 0) is 82.0 Å². The number of halogens is 3. The predicted octanol–water partition coefficient (Wildman–Crippen LogP) is 5.58. The number of nitrogens with two attached hydrogens (primary N) is 1. The van der Waals surface area contributed by atoms with Gasteiger partial charge < -0.3 is 16.2 Å². The summed E-state index contributed by atoms with van der Waals surface area (Å²) in [5, 5.41) is 11.4. The highest BCUT2D eigenvalue weighted by Gasteiger charge is 2.37. The number of benzene rings is 3. The summed E-state index contributed by atoms with van der Waals surface area (Å²) >= 11 is 6.19. The van der Waals surface area contributed by atoms with E-state index in [2.05, 4.69) is 47.5 Å². The number of thiol groups is 1. The van der Waals surface area contributed by atoms with Crippen LogP contribution in [-0.2, 0) is 22.6 Å². The number of rotatable bonds is 7. The van der Waals surface area contributed by atoms with Gasteiger partial charge in [-0.2, -0.15) is 0 Å². The Morgan fingerprint density at radius 1 is 0.944 bits per heavy atom. The summed E-state index contributed by atoms with van der Waals surface area (Å²) in [6, 6.07) is 19.0. The zero-order valence-electron chi connectivity index (χ0n) is 21.3. The minimum absolute atomic E-state index is 0.261. The van der Waals surface area contributed by atoms with Gasteiger partial charge in [0.05, 0.1) is 19.0 Å². The number of hydrogen-bond donors (Lipinski definition) is 3. The second-order valence-electron chi connectivity index (χ2n) is 8.23. The van der Waals surface area contributed by atoms with Crippen molar-refractivity contribution in [2.75, 3.05) is 33.1 Å². The molecular formula is C28H38ClF2N2O2S+. The van der Waals surface area contributed by atoms with Crippen LogP contribution in [0.2, 0.25) is 0 Å². The lowest BCUT2D eigenvalue weighted by Gasteiger charge is -2.11. The first-order valence-corrected chi connectivity index (χ1v) is 13.2. The van der Waals surface area contributed by atoms with E-state index in [1.165, 1.54) is 37.1 Å². The van der Waals surface area contributed by atoms with Crippen LogP contribution in [-0.4, -0.2) is 43.4 Å². The lowest BCUT2D eigenvalue weighted by molar-refractivity contribution is 0.399. The fourth-order valence-corrected chi connectivity index (χ4v) is 4.19. The van der Waals surface area contributed by atoms with Crippen LogP contribution in [0.5, 0.6) is 0 Å². The fourth-order valence-electron chi connectivity index (χ4n) is 3.23. The molecular weight excluding hydrogens is 502 g/mol. The molecule has 0 saturated carbocycles. The SMILES string of the molecule is CC(C)C1C[SH+]1.CO.COCl.NCCNCc1cc(-c2ccc(F)cc2)cc(-c2ccc(F)cc2)c1. The van der Waals surface area contributed by atoms with E-state index >= 15 is 0 Å². The normalized spacial score (nSPS) is 13.4. The predicted molar refractivity (Wildman–Crippen MR) is 151 cm³/mol. The first-order chi connectivity index (χ1) is 17.4. The Kier molecular flexibility index (Phi) is 16.3. The van der Waals surface area contributed by atoms with Crippen LogP contribution in [0.1, 0.15) is 19.4 Å². The Hall–Kier alpha value is -2.00. The van der Waals surface area contributed by atoms with Gasteiger partial charge in [0.2, 0.25) is 0 Å². The van der Waals surface area contributed by atoms with Gasteiger partial charge in [0.1, 0.15) is 11.6 Å². The molecule has 4 rings (SSSR count). The van der Waals surface area contributed by atoms with Gasteiger partial charge in [-0.25, -0.2) is 8.78 Å². The number of aliphatic hydroxyl groups excluding tert-OH is 1. The first-order valence-electron chi connectivity index (χ1n) is 11.7. The molecule has 4 nitrogen and oxygen atoms in total. The van der Waals surface area contributed by atoms with Crippen molar-refractivity contribution in [1.29, 1.82) is 0 Å². The van der Waals surface area contributed by atoms with Crippen molar-refractivity contribution in [2.24, 2.45) is 11.7 Å². The van der Waals surface area contributed by atoms with Crippen molar-refractivity contribution in [3.05, 3.63) is 83.9 Å². The van der Waals surface area contributed by atoms with Crippen LogP contribution in [0.4, 0.5) is 8.78 Å². The lowest BCUT2D eigenvalue weighted by atomic mass is 9.96. The Morgan fingerprint density at radius 3 is 1.67 bits per heavy atom. The van der Waals surface area contributed by atoms with Crippen molar-refractivity contribution >= 4 is 23.6 Å². The minimum Gasteiger partial charge on any atom is -0.400 e. The Morgan fingerprint density at radius 2 is 1.36 bits per heavy atom. The van der Waals surface area contributed by atoms with Crippen molar-refractivity contribution in [3.63, 3.8) is 0 Å². The second kappa shape index (κ2) is 18.3. The van der Waals surface area contributed by atoms with E-state index in [-0.39, 0.29) is 11.6 Å². The molecule has 1 aliphatic heterocycles. The van der Waals surface area contributed by atoms with Crippen LogP contribution in [0.25, 0.3) is 22.3 Å². The third-order valence-electron chi connectivity index (χ3n) is 5.16. The van der Waals surface area contributed by atoms with Gasteiger partial charge in [0, 0.05) is 32.7 Å². The van der Waals surface area contributed by atoms with Crippen LogP contribution >= 0.6 is 11.9 Å². The maximum Gasteiger partial charge on any atom is 0.162 e. The molecule has 198 valence electrons. The quantitative estimate of drug-likeness (QED) is 0.159. The van der Waals surface area contributed by atoms with Crippen molar-refractivity contribution in [2.45, 2.75) is 25.6 Å². The molecule has 1 heterocycles. The Bertz CT molecular complexity index is 922. The molecule has 0 aromatic heterocycles. The van der Waals surface area contributed by atoms with Crippen LogP contribution < -0.4 is 11.1 Å². The summed E-state index contributed by atoms with van der Waals surface area (Å²) < 4.78 is 30.1. The van der Waals surface area contributed by atoms with Gasteiger partial charge in [-0.3, -0.25) is 4.29 Å². The van der Waals surface area contributed by atoms with E-state index in [0.29, 0.717) is 13.1 Å². The number of aliphatic hydroxyl groups is 1. The monoisotopic (exact) mass is 539 g/mol. The summed E-state index contributed by atoms with van der Waals surface area (Å²) in [6.07, 6.45) is 0. The zero-order chi connectivity index (χ0) is 26.9. The Labute approximate surface area is 223 Å². The van der Waals surface area contributed by atoms with E-state index in [9.17, 15) is 8.78 Å². The lowest BCUT2D eigenvalue weighted by Crippen LogP contribution is -2.21. The molecule has 1 atom stereocenters. The molecule has 3 aromatic rings. The van der Waals surface area contributed by atoms with E-state index < -0.39 is 0 Å². The van der Waals surface area contributed by atoms with Gasteiger partial charge in [0.15, 0.2) is 11.0 Å². The summed E-state index contributed by atoms with van der Waals surface area (Å²) in [7, 11) is 2.39. The van der Waals surface area contributed by atoms with E-state index in [1.54, 1.807) is 36.0 Å². The standard InChI is InChI=1S/C21H20F2N2.C5H10S.CH3ClO.CH4O/c22-20-5-1-16(2-6-20)18-11-15(14-25-10-9-24)12-19(13-18)17-3-7-21(23)8-4-17;1-4(2)5-3-6-5;1-3-2;1-2/h1-8,11-13,25H,9-10,14,24H2;4-5H,3H2,1-2H3;1H3;2H,1H3/p+1. The largest absolute Gasteiger partial charge is 0.400 e. The highest BCUT2D eigenvalue weighted by atomic mass is 35.5. The molecule has 4 N–H and O–H groups in total. The number of nitrogens with one attached hydrogen (secondary N) is 1. The molecule has 0 spiro atoms. The molecule has 1 unspecified atom stereocenters. The molecule has 0 amide bonds. The Balaban J connectivity index is 0.000000494. The first kappa shape index (κ1) is 32.0. The minimum atomic E-state index is -0.261. The summed E-state index contributed by atoms with van der Waals surface area (Å²) in [5.41, 5.74) is 10.5. The molecule has 1 fully saturated rings. The van der Waals surface area contributed by atoms with Crippen LogP contribution in [0, 0.1) is 17.6 Å². The average Bonchev–Trinajstić information content (AvgIpc) is 3.73. The molecule has 36 heavy (non-hydrogen) atoms. The number of hydrogen-bond acceptors (Lipinski definition) is 4. The fraction of sp³-hybridized carbons (Fsp3) is 0.357. The van der Waals surface area contributed by atoms with Gasteiger partial charge in [-0.1, -0.05) is 38.1 Å². The van der Waals surface area contributed by atoms with Crippen molar-refractivity contribution in [3.8, 4) is 22.3 Å². The molecule has 8 heteroatoms. The summed E-state index contributed by atoms with van der Waals surface area (Å²) in [6.45, 7) is 6.57. The van der Waals surface area contributed by atoms with Crippen LogP contribution in [0.3, 0.4) is 0 Å². The summed E-state index contributed by atoms with van der Waals surface area (Å²) in [4.78, 5) is 0. The van der Waals surface area contributed by atoms with E-state index in [4.69, 9.17) is 10.8 Å². The average molecular weight is 540 g/mol. The highest BCUT2D eigenvalue weighted by molar-refractivity contribution is 7.86. The van der Waals surface area contributed by atoms with E-state index in [1.807, 2.05) is 6.07 Å². The van der Waals surface area contributed by atoms with Crippen molar-refractivity contribution in [1.82, 2.24) is 5.32 Å². The van der Waals surface area contributed by atoms with Gasteiger partial charge >= 0.3 is 0 Å². The highest BCUT2D eigenvalue weighted by Crippen LogP contribution is 2.29. The zero-order valence-corrected chi connectivity index (χ0v) is 23.0. The van der Waals surface area contributed by atoms with Gasteiger partial charge in [-0.15, -0.1) is 0 Å². The molecule has 1 aliphatic rings. The molecule has 0 bridgehead atoms. The maximum atomic E-state index is 13.2. The molecule has 3 aromatic carbocycles. The van der Waals surface area contributed by atoms with Crippen molar-refractivity contribution < 1.29 is 18.2 Å². The third kappa shape index (κ3) is 12.3. The smallest absolute Gasteiger partial charge is 0.162 e. The van der Waals surface area contributed by atoms with Gasteiger partial charge in [0.25, 0.3) is 0 Å². The maximum absolute atomic E-state index is 13.2. The van der Waals surface area contributed by atoms with Crippen LogP contribution in [0.15, 0.2) is 66.7 Å². The molecule has 1 saturated heterocycles. The second-order valence-corrected chi connectivity index (χ2v) is 9.93. The molecule has 0 aliphatic carbocycles. The topological polar surface area (TPSA) is 67.5 Å². The third-order valence-corrected chi connectivity index (χ3v) is 6.54. The molecule has 0 radical (unpaired) electrons. The summed E-state index contributed by atoms with van der Waals surface area (Å²) in [5.74, 6) is 1.90.